The topological polar surface area (TPSA) is 50.4 Å². The maximum Gasteiger partial charge on any atom is 0.258 e. The highest BCUT2D eigenvalue weighted by molar-refractivity contribution is 5.78. The van der Waals surface area contributed by atoms with Crippen molar-refractivity contribution in [3.8, 4) is 5.75 Å². The minimum absolute atomic E-state index is 0.0316. The first kappa shape index (κ1) is 14.9. The summed E-state index contributed by atoms with van der Waals surface area (Å²) < 4.78 is 5.52. The molecule has 0 aromatic heterocycles. The molecule has 0 heterocycles. The summed E-state index contributed by atoms with van der Waals surface area (Å²) in [6.07, 6.45) is 2.20. The Morgan fingerprint density at radius 1 is 1.40 bits per heavy atom. The van der Waals surface area contributed by atoms with Crippen molar-refractivity contribution < 1.29 is 9.53 Å². The van der Waals surface area contributed by atoms with Crippen LogP contribution < -0.4 is 15.4 Å². The van der Waals surface area contributed by atoms with Crippen LogP contribution in [0.15, 0.2) is 24.3 Å². The van der Waals surface area contributed by atoms with Gasteiger partial charge in [0.15, 0.2) is 6.61 Å². The lowest BCUT2D eigenvalue weighted by Crippen LogP contribution is -2.30. The molecule has 0 atom stereocenters. The average molecular weight is 276 g/mol. The second-order valence-corrected chi connectivity index (χ2v) is 5.80. The van der Waals surface area contributed by atoms with Crippen LogP contribution in [-0.2, 0) is 11.3 Å². The lowest BCUT2D eigenvalue weighted by Gasteiger charge is -2.10. The Bertz CT molecular complexity index is 442. The van der Waals surface area contributed by atoms with Gasteiger partial charge in [-0.2, -0.15) is 0 Å². The van der Waals surface area contributed by atoms with Gasteiger partial charge in [-0.05, 0) is 43.0 Å². The Hall–Kier alpha value is -1.55. The van der Waals surface area contributed by atoms with Crippen molar-refractivity contribution in [2.45, 2.75) is 39.3 Å². The molecule has 1 saturated carbocycles. The van der Waals surface area contributed by atoms with Gasteiger partial charge in [0, 0.05) is 12.6 Å². The van der Waals surface area contributed by atoms with Gasteiger partial charge in [0.2, 0.25) is 0 Å². The Kier molecular flexibility index (Phi) is 5.41. The highest BCUT2D eigenvalue weighted by Gasteiger charge is 2.23. The first-order chi connectivity index (χ1) is 9.63. The molecular formula is C16H24N2O2. The number of amides is 1. The molecule has 1 aromatic rings. The third-order valence-electron chi connectivity index (χ3n) is 3.09. The fraction of sp³-hybridized carbons (Fsp3) is 0.562. The Morgan fingerprint density at radius 3 is 2.90 bits per heavy atom. The van der Waals surface area contributed by atoms with Gasteiger partial charge in [0.05, 0.1) is 0 Å². The zero-order valence-corrected chi connectivity index (χ0v) is 12.3. The van der Waals surface area contributed by atoms with E-state index in [-0.39, 0.29) is 12.5 Å². The number of ether oxygens (including phenoxy) is 1. The van der Waals surface area contributed by atoms with Crippen LogP contribution in [0, 0.1) is 5.92 Å². The van der Waals surface area contributed by atoms with Crippen molar-refractivity contribution in [1.29, 1.82) is 0 Å². The van der Waals surface area contributed by atoms with E-state index < -0.39 is 0 Å². The molecule has 1 fully saturated rings. The maximum atomic E-state index is 11.6. The van der Waals surface area contributed by atoms with Gasteiger partial charge in [-0.15, -0.1) is 0 Å². The summed E-state index contributed by atoms with van der Waals surface area (Å²) in [5, 5.41) is 6.30. The predicted molar refractivity (Wildman–Crippen MR) is 79.6 cm³/mol. The van der Waals surface area contributed by atoms with E-state index in [4.69, 9.17) is 4.74 Å². The van der Waals surface area contributed by atoms with Gasteiger partial charge in [-0.1, -0.05) is 26.0 Å². The third-order valence-corrected chi connectivity index (χ3v) is 3.09. The minimum Gasteiger partial charge on any atom is -0.484 e. The van der Waals surface area contributed by atoms with Crippen LogP contribution in [0.1, 0.15) is 32.3 Å². The molecule has 110 valence electrons. The van der Waals surface area contributed by atoms with E-state index in [0.717, 1.165) is 31.7 Å². The molecule has 2 N–H and O–H groups in total. The molecule has 0 spiro atoms. The maximum absolute atomic E-state index is 11.6. The number of hydrogen-bond acceptors (Lipinski definition) is 3. The van der Waals surface area contributed by atoms with E-state index in [1.165, 1.54) is 5.56 Å². The summed E-state index contributed by atoms with van der Waals surface area (Å²) >= 11 is 0. The molecule has 1 amide bonds. The lowest BCUT2D eigenvalue weighted by molar-refractivity contribution is -0.123. The molecule has 4 nitrogen and oxygen atoms in total. The Balaban J connectivity index is 1.74. The SMILES string of the molecule is CC(C)CNCc1cccc(OCC(=O)NC2CC2)c1. The predicted octanol–water partition coefficient (Wildman–Crippen LogP) is 2.09. The summed E-state index contributed by atoms with van der Waals surface area (Å²) in [7, 11) is 0. The van der Waals surface area contributed by atoms with Gasteiger partial charge in [-0.3, -0.25) is 4.79 Å². The fourth-order valence-corrected chi connectivity index (χ4v) is 1.90. The van der Waals surface area contributed by atoms with Gasteiger partial charge < -0.3 is 15.4 Å². The summed E-state index contributed by atoms with van der Waals surface area (Å²) in [6, 6.07) is 8.27. The van der Waals surface area contributed by atoms with Crippen molar-refractivity contribution in [3.63, 3.8) is 0 Å². The monoisotopic (exact) mass is 276 g/mol. The molecule has 0 radical (unpaired) electrons. The van der Waals surface area contributed by atoms with Crippen LogP contribution >= 0.6 is 0 Å². The van der Waals surface area contributed by atoms with Crippen molar-refractivity contribution in [2.75, 3.05) is 13.2 Å². The first-order valence-electron chi connectivity index (χ1n) is 7.35. The number of nitrogens with one attached hydrogen (secondary N) is 2. The number of benzene rings is 1. The van der Waals surface area contributed by atoms with Gasteiger partial charge in [0.25, 0.3) is 5.91 Å². The number of rotatable bonds is 8. The van der Waals surface area contributed by atoms with E-state index in [9.17, 15) is 4.79 Å². The molecule has 2 rings (SSSR count). The molecule has 1 aliphatic carbocycles. The molecule has 1 aliphatic rings. The second-order valence-electron chi connectivity index (χ2n) is 5.80. The van der Waals surface area contributed by atoms with Gasteiger partial charge >= 0.3 is 0 Å². The second kappa shape index (κ2) is 7.29. The smallest absolute Gasteiger partial charge is 0.258 e. The van der Waals surface area contributed by atoms with E-state index in [1.54, 1.807) is 0 Å². The van der Waals surface area contributed by atoms with E-state index in [2.05, 4.69) is 30.5 Å². The highest BCUT2D eigenvalue weighted by Crippen LogP contribution is 2.18. The van der Waals surface area contributed by atoms with Crippen LogP contribution in [0.25, 0.3) is 0 Å². The molecule has 20 heavy (non-hydrogen) atoms. The highest BCUT2D eigenvalue weighted by atomic mass is 16.5. The molecule has 0 unspecified atom stereocenters. The zero-order chi connectivity index (χ0) is 14.4. The number of hydrogen-bond donors (Lipinski definition) is 2. The molecule has 4 heteroatoms. The van der Waals surface area contributed by atoms with Crippen LogP contribution in [0.2, 0.25) is 0 Å². The Morgan fingerprint density at radius 2 is 2.20 bits per heavy atom. The normalized spacial score (nSPS) is 14.3. The van der Waals surface area contributed by atoms with Crippen LogP contribution in [0.3, 0.4) is 0 Å². The van der Waals surface area contributed by atoms with Crippen LogP contribution in [0.5, 0.6) is 5.75 Å². The molecule has 0 saturated heterocycles. The number of carbonyl (C=O) groups excluding carboxylic acids is 1. The van der Waals surface area contributed by atoms with Crippen molar-refractivity contribution in [3.05, 3.63) is 29.8 Å². The van der Waals surface area contributed by atoms with Gasteiger partial charge in [0.1, 0.15) is 5.75 Å². The van der Waals surface area contributed by atoms with Crippen molar-refractivity contribution in [2.24, 2.45) is 5.92 Å². The summed E-state index contributed by atoms with van der Waals surface area (Å²) in [6.45, 7) is 6.29. The fourth-order valence-electron chi connectivity index (χ4n) is 1.90. The van der Waals surface area contributed by atoms with Crippen LogP contribution in [-0.4, -0.2) is 25.1 Å². The van der Waals surface area contributed by atoms with Gasteiger partial charge in [-0.25, -0.2) is 0 Å². The quantitative estimate of drug-likeness (QED) is 0.764. The average Bonchev–Trinajstić information content (AvgIpc) is 3.20. The lowest BCUT2D eigenvalue weighted by atomic mass is 10.2. The summed E-state index contributed by atoms with van der Waals surface area (Å²) in [4.78, 5) is 11.6. The van der Waals surface area contributed by atoms with Crippen molar-refractivity contribution >= 4 is 5.91 Å². The summed E-state index contributed by atoms with van der Waals surface area (Å²) in [5.74, 6) is 1.36. The van der Waals surface area contributed by atoms with E-state index >= 15 is 0 Å². The number of carbonyl (C=O) groups is 1. The standard InChI is InChI=1S/C16H24N2O2/c1-12(2)9-17-10-13-4-3-5-15(8-13)20-11-16(19)18-14-6-7-14/h3-5,8,12,14,17H,6-7,9-11H2,1-2H3,(H,18,19). The first-order valence-corrected chi connectivity index (χ1v) is 7.35. The molecule has 0 aliphatic heterocycles. The van der Waals surface area contributed by atoms with E-state index in [1.807, 2.05) is 18.2 Å². The molecular weight excluding hydrogens is 252 g/mol. The van der Waals surface area contributed by atoms with Crippen LogP contribution in [0.4, 0.5) is 0 Å². The van der Waals surface area contributed by atoms with E-state index in [0.29, 0.717) is 12.0 Å². The largest absolute Gasteiger partial charge is 0.484 e. The molecule has 1 aromatic carbocycles. The van der Waals surface area contributed by atoms with Crippen molar-refractivity contribution in [1.82, 2.24) is 10.6 Å². The minimum atomic E-state index is -0.0316. The summed E-state index contributed by atoms with van der Waals surface area (Å²) in [5.41, 5.74) is 1.17. The Labute approximate surface area is 120 Å². The third kappa shape index (κ3) is 5.61. The molecule has 0 bridgehead atoms. The zero-order valence-electron chi connectivity index (χ0n) is 12.3.